The minimum Gasteiger partial charge on any atom is -0.494 e. The van der Waals surface area contributed by atoms with Gasteiger partial charge in [0.1, 0.15) is 5.75 Å². The van der Waals surface area contributed by atoms with E-state index in [0.29, 0.717) is 16.7 Å². The molecule has 0 bridgehead atoms. The van der Waals surface area contributed by atoms with Crippen LogP contribution in [0, 0.1) is 0 Å². The molecule has 0 unspecified atom stereocenters. The van der Waals surface area contributed by atoms with Crippen LogP contribution in [0.2, 0.25) is 0 Å². The first-order chi connectivity index (χ1) is 12.2. The molecular formula is C20H30N2O2S. The number of amides is 1. The van der Waals surface area contributed by atoms with Crippen LogP contribution in [-0.2, 0) is 0 Å². The maximum absolute atomic E-state index is 12.3. The van der Waals surface area contributed by atoms with Gasteiger partial charge in [0.25, 0.3) is 5.91 Å². The molecule has 0 saturated heterocycles. The Morgan fingerprint density at radius 2 is 1.84 bits per heavy atom. The van der Waals surface area contributed by atoms with Crippen LogP contribution < -0.4 is 15.4 Å². The van der Waals surface area contributed by atoms with E-state index in [-0.39, 0.29) is 5.91 Å². The molecule has 0 aromatic heterocycles. The number of carbonyl (C=O) groups is 1. The summed E-state index contributed by atoms with van der Waals surface area (Å²) < 4.78 is 5.70. The van der Waals surface area contributed by atoms with Crippen LogP contribution >= 0.6 is 12.2 Å². The van der Waals surface area contributed by atoms with Crippen molar-refractivity contribution in [1.82, 2.24) is 10.6 Å². The Hall–Kier alpha value is -1.62. The highest BCUT2D eigenvalue weighted by atomic mass is 32.1. The standard InChI is InChI=1S/C20H30N2O2S/c1-2-3-4-8-15-24-18-13-11-16(12-14-18)19(23)22-20(25)21-17-9-6-5-7-10-17/h11-14,17H,2-10,15H2,1H3,(H2,21,22,23,25). The third kappa shape index (κ3) is 7.43. The molecule has 5 heteroatoms. The van der Waals surface area contributed by atoms with Crippen LogP contribution in [0.1, 0.15) is 75.1 Å². The summed E-state index contributed by atoms with van der Waals surface area (Å²) in [7, 11) is 0. The number of rotatable bonds is 8. The second-order valence-electron chi connectivity index (χ2n) is 6.70. The SMILES string of the molecule is CCCCCCOc1ccc(C(=O)NC(=S)NC2CCCCC2)cc1. The van der Waals surface area contributed by atoms with Crippen molar-refractivity contribution in [3.63, 3.8) is 0 Å². The lowest BCUT2D eigenvalue weighted by Crippen LogP contribution is -2.44. The van der Waals surface area contributed by atoms with Crippen LogP contribution in [0.4, 0.5) is 0 Å². The number of benzene rings is 1. The summed E-state index contributed by atoms with van der Waals surface area (Å²) in [5.74, 6) is 0.624. The van der Waals surface area contributed by atoms with Gasteiger partial charge in [-0.05, 0) is 55.7 Å². The molecule has 1 aromatic carbocycles. The van der Waals surface area contributed by atoms with E-state index >= 15 is 0 Å². The Labute approximate surface area is 156 Å². The lowest BCUT2D eigenvalue weighted by Gasteiger charge is -2.24. The minimum atomic E-state index is -0.178. The normalized spacial score (nSPS) is 14.8. The van der Waals surface area contributed by atoms with Crippen LogP contribution in [-0.4, -0.2) is 23.7 Å². The van der Waals surface area contributed by atoms with E-state index in [9.17, 15) is 4.79 Å². The summed E-state index contributed by atoms with van der Waals surface area (Å²) in [5.41, 5.74) is 0.589. The van der Waals surface area contributed by atoms with Crippen molar-refractivity contribution in [2.75, 3.05) is 6.61 Å². The zero-order chi connectivity index (χ0) is 17.9. The molecule has 2 N–H and O–H groups in total. The first-order valence-corrected chi connectivity index (χ1v) is 9.94. The van der Waals surface area contributed by atoms with Gasteiger partial charge in [-0.15, -0.1) is 0 Å². The van der Waals surface area contributed by atoms with Gasteiger partial charge < -0.3 is 10.1 Å². The highest BCUT2D eigenvalue weighted by Gasteiger charge is 2.15. The molecule has 1 aromatic rings. The topological polar surface area (TPSA) is 50.4 Å². The Morgan fingerprint density at radius 3 is 2.52 bits per heavy atom. The molecule has 0 heterocycles. The molecule has 0 aliphatic heterocycles. The van der Waals surface area contributed by atoms with Crippen molar-refractivity contribution in [1.29, 1.82) is 0 Å². The summed E-state index contributed by atoms with van der Waals surface area (Å²) in [6, 6.07) is 7.63. The monoisotopic (exact) mass is 362 g/mol. The van der Waals surface area contributed by atoms with Gasteiger partial charge in [0, 0.05) is 11.6 Å². The van der Waals surface area contributed by atoms with Crippen molar-refractivity contribution >= 4 is 23.2 Å². The van der Waals surface area contributed by atoms with Gasteiger partial charge in [0.2, 0.25) is 0 Å². The fraction of sp³-hybridized carbons (Fsp3) is 0.600. The van der Waals surface area contributed by atoms with E-state index in [4.69, 9.17) is 17.0 Å². The molecule has 1 aliphatic carbocycles. The molecule has 0 spiro atoms. The van der Waals surface area contributed by atoms with Gasteiger partial charge in [-0.3, -0.25) is 10.1 Å². The minimum absolute atomic E-state index is 0.178. The maximum atomic E-state index is 12.3. The lowest BCUT2D eigenvalue weighted by molar-refractivity contribution is 0.0976. The number of hydrogen-bond acceptors (Lipinski definition) is 3. The van der Waals surface area contributed by atoms with Gasteiger partial charge in [0.05, 0.1) is 6.61 Å². The van der Waals surface area contributed by atoms with Crippen LogP contribution in [0.5, 0.6) is 5.75 Å². The number of ether oxygens (including phenoxy) is 1. The largest absolute Gasteiger partial charge is 0.494 e. The van der Waals surface area contributed by atoms with Crippen LogP contribution in [0.3, 0.4) is 0 Å². The Kier molecular flexibility index (Phi) is 8.73. The molecule has 1 fully saturated rings. The highest BCUT2D eigenvalue weighted by molar-refractivity contribution is 7.80. The second kappa shape index (κ2) is 11.1. The lowest BCUT2D eigenvalue weighted by atomic mass is 9.96. The fourth-order valence-electron chi connectivity index (χ4n) is 3.07. The number of carbonyl (C=O) groups excluding carboxylic acids is 1. The van der Waals surface area contributed by atoms with E-state index < -0.39 is 0 Å². The van der Waals surface area contributed by atoms with E-state index in [2.05, 4.69) is 17.6 Å². The summed E-state index contributed by atoms with van der Waals surface area (Å²) in [4.78, 5) is 12.3. The molecule has 2 rings (SSSR count). The summed E-state index contributed by atoms with van der Waals surface area (Å²) in [6.07, 6.45) is 10.7. The second-order valence-corrected chi connectivity index (χ2v) is 7.10. The molecule has 1 saturated carbocycles. The van der Waals surface area contributed by atoms with Gasteiger partial charge >= 0.3 is 0 Å². The van der Waals surface area contributed by atoms with Crippen molar-refractivity contribution in [2.24, 2.45) is 0 Å². The van der Waals surface area contributed by atoms with Crippen molar-refractivity contribution in [2.45, 2.75) is 70.8 Å². The number of unbranched alkanes of at least 4 members (excludes halogenated alkanes) is 3. The Bertz CT molecular complexity index is 539. The van der Waals surface area contributed by atoms with Gasteiger partial charge in [-0.25, -0.2) is 0 Å². The summed E-state index contributed by atoms with van der Waals surface area (Å²) >= 11 is 5.26. The predicted octanol–water partition coefficient (Wildman–Crippen LogP) is 4.58. The highest BCUT2D eigenvalue weighted by Crippen LogP contribution is 2.17. The Morgan fingerprint density at radius 1 is 1.12 bits per heavy atom. The molecule has 25 heavy (non-hydrogen) atoms. The Balaban J connectivity index is 1.72. The van der Waals surface area contributed by atoms with E-state index in [1.807, 2.05) is 12.1 Å². The van der Waals surface area contributed by atoms with Crippen molar-refractivity contribution in [3.05, 3.63) is 29.8 Å². The van der Waals surface area contributed by atoms with Crippen LogP contribution in [0.25, 0.3) is 0 Å². The molecule has 0 radical (unpaired) electrons. The third-order valence-corrected chi connectivity index (χ3v) is 4.77. The molecule has 4 nitrogen and oxygen atoms in total. The molecule has 138 valence electrons. The average Bonchev–Trinajstić information content (AvgIpc) is 2.63. The quantitative estimate of drug-likeness (QED) is 0.525. The van der Waals surface area contributed by atoms with Gasteiger partial charge in [-0.1, -0.05) is 45.4 Å². The maximum Gasteiger partial charge on any atom is 0.257 e. The number of nitrogens with one attached hydrogen (secondary N) is 2. The first kappa shape index (κ1) is 19.7. The third-order valence-electron chi connectivity index (χ3n) is 4.55. The smallest absolute Gasteiger partial charge is 0.257 e. The van der Waals surface area contributed by atoms with Crippen molar-refractivity contribution in [3.8, 4) is 5.75 Å². The average molecular weight is 363 g/mol. The molecule has 1 amide bonds. The summed E-state index contributed by atoms with van der Waals surface area (Å²) in [6.45, 7) is 2.92. The summed E-state index contributed by atoms with van der Waals surface area (Å²) in [5, 5.41) is 6.44. The van der Waals surface area contributed by atoms with Gasteiger partial charge in [-0.2, -0.15) is 0 Å². The fourth-order valence-corrected chi connectivity index (χ4v) is 3.32. The van der Waals surface area contributed by atoms with Gasteiger partial charge in [0.15, 0.2) is 5.11 Å². The van der Waals surface area contributed by atoms with Crippen molar-refractivity contribution < 1.29 is 9.53 Å². The number of hydrogen-bond donors (Lipinski definition) is 2. The van der Waals surface area contributed by atoms with E-state index in [1.165, 1.54) is 38.5 Å². The first-order valence-electron chi connectivity index (χ1n) is 9.53. The zero-order valence-corrected chi connectivity index (χ0v) is 16.0. The van der Waals surface area contributed by atoms with E-state index in [0.717, 1.165) is 31.6 Å². The number of thiocarbonyl (C=S) groups is 1. The van der Waals surface area contributed by atoms with E-state index in [1.54, 1.807) is 12.1 Å². The zero-order valence-electron chi connectivity index (χ0n) is 15.2. The molecular weight excluding hydrogens is 332 g/mol. The predicted molar refractivity (Wildman–Crippen MR) is 106 cm³/mol. The molecule has 0 atom stereocenters. The molecule has 1 aliphatic rings. The van der Waals surface area contributed by atoms with Crippen LogP contribution in [0.15, 0.2) is 24.3 Å².